The van der Waals surface area contributed by atoms with Gasteiger partial charge >= 0.3 is 0 Å². The summed E-state index contributed by atoms with van der Waals surface area (Å²) in [5, 5.41) is 3.91. The molecule has 3 aromatic heterocycles. The van der Waals surface area contributed by atoms with Gasteiger partial charge in [-0.1, -0.05) is 0 Å². The first-order chi connectivity index (χ1) is 15.3. The number of carbonyl (C=O) groups is 2. The van der Waals surface area contributed by atoms with Crippen LogP contribution < -0.4 is 11.1 Å². The number of amides is 2. The summed E-state index contributed by atoms with van der Waals surface area (Å²) >= 11 is 1.37. The Kier molecular flexibility index (Phi) is 6.26. The maximum atomic E-state index is 13.5. The standard InChI is InChI=1S/C21H24FN7O2S/c1-11(14-7-15(22)9-24-8-14)25-21-27-17(18-19(28-21)26-12(2)32-18)20(31)29-6-5-13(10-29)3-4-16(23)30/h7-9,11,13H,3-6,10H2,1-2H3,(H2,23,30)(H,25,27,28)/t11-,13+/m0/s1. The summed E-state index contributed by atoms with van der Waals surface area (Å²) in [7, 11) is 0. The van der Waals surface area contributed by atoms with Gasteiger partial charge in [-0.2, -0.15) is 4.98 Å². The van der Waals surface area contributed by atoms with Gasteiger partial charge in [0.2, 0.25) is 11.9 Å². The Labute approximate surface area is 188 Å². The number of fused-ring (bicyclic) bond motifs is 1. The molecular formula is C21H24FN7O2S. The summed E-state index contributed by atoms with van der Waals surface area (Å²) in [5.41, 5.74) is 6.63. The van der Waals surface area contributed by atoms with Crippen molar-refractivity contribution in [2.24, 2.45) is 11.7 Å². The molecule has 32 heavy (non-hydrogen) atoms. The highest BCUT2D eigenvalue weighted by molar-refractivity contribution is 7.18. The van der Waals surface area contributed by atoms with Gasteiger partial charge in [0, 0.05) is 25.7 Å². The maximum Gasteiger partial charge on any atom is 0.274 e. The summed E-state index contributed by atoms with van der Waals surface area (Å²) in [6.45, 7) is 4.84. The topological polar surface area (TPSA) is 127 Å². The molecule has 2 atom stereocenters. The first-order valence-corrected chi connectivity index (χ1v) is 11.2. The van der Waals surface area contributed by atoms with Gasteiger partial charge in [0.25, 0.3) is 5.91 Å². The van der Waals surface area contributed by atoms with E-state index >= 15 is 0 Å². The van der Waals surface area contributed by atoms with E-state index in [0.717, 1.165) is 17.6 Å². The molecule has 1 fully saturated rings. The molecule has 3 aromatic rings. The molecule has 0 saturated carbocycles. The van der Waals surface area contributed by atoms with Gasteiger partial charge in [-0.15, -0.1) is 11.3 Å². The van der Waals surface area contributed by atoms with Crippen molar-refractivity contribution in [3.8, 4) is 0 Å². The third-order valence-electron chi connectivity index (χ3n) is 5.51. The summed E-state index contributed by atoms with van der Waals surface area (Å²) in [5.74, 6) is -0.465. The largest absolute Gasteiger partial charge is 0.370 e. The van der Waals surface area contributed by atoms with Gasteiger partial charge in [0.1, 0.15) is 10.5 Å². The minimum atomic E-state index is -0.432. The molecule has 0 aliphatic carbocycles. The van der Waals surface area contributed by atoms with E-state index in [-0.39, 0.29) is 29.7 Å². The summed E-state index contributed by atoms with van der Waals surface area (Å²) in [4.78, 5) is 43.5. The second kappa shape index (κ2) is 9.11. The number of primary amides is 1. The fourth-order valence-corrected chi connectivity index (χ4v) is 4.67. The number of rotatable bonds is 7. The Bertz CT molecular complexity index is 1170. The van der Waals surface area contributed by atoms with Crippen LogP contribution in [0.1, 0.15) is 53.3 Å². The van der Waals surface area contributed by atoms with Crippen LogP contribution in [0.4, 0.5) is 10.3 Å². The number of hydrogen-bond donors (Lipinski definition) is 2. The predicted molar refractivity (Wildman–Crippen MR) is 119 cm³/mol. The van der Waals surface area contributed by atoms with Gasteiger partial charge in [-0.3, -0.25) is 14.6 Å². The maximum absolute atomic E-state index is 13.5. The number of pyridine rings is 1. The van der Waals surface area contributed by atoms with Crippen molar-refractivity contribution in [3.05, 3.63) is 40.5 Å². The van der Waals surface area contributed by atoms with Gasteiger partial charge in [0.05, 0.1) is 17.2 Å². The Morgan fingerprint density at radius 1 is 1.34 bits per heavy atom. The Hall–Kier alpha value is -3.21. The normalized spacial score (nSPS) is 17.0. The molecule has 0 spiro atoms. The minimum Gasteiger partial charge on any atom is -0.370 e. The molecule has 0 bridgehead atoms. The molecule has 0 aromatic carbocycles. The number of nitrogens with two attached hydrogens (primary N) is 1. The average Bonchev–Trinajstić information content (AvgIpc) is 3.37. The van der Waals surface area contributed by atoms with Crippen LogP contribution in [0.5, 0.6) is 0 Å². The Morgan fingerprint density at radius 2 is 2.16 bits per heavy atom. The van der Waals surface area contributed by atoms with Gasteiger partial charge in [-0.05, 0) is 44.2 Å². The number of anilines is 1. The van der Waals surface area contributed by atoms with Crippen LogP contribution in [0.25, 0.3) is 10.3 Å². The van der Waals surface area contributed by atoms with Crippen LogP contribution in [-0.2, 0) is 4.79 Å². The van der Waals surface area contributed by atoms with E-state index in [9.17, 15) is 14.0 Å². The Balaban J connectivity index is 1.58. The van der Waals surface area contributed by atoms with Crippen molar-refractivity contribution in [1.29, 1.82) is 0 Å². The minimum absolute atomic E-state index is 0.189. The van der Waals surface area contributed by atoms with E-state index in [0.29, 0.717) is 47.5 Å². The number of carbonyl (C=O) groups excluding carboxylic acids is 2. The van der Waals surface area contributed by atoms with Crippen molar-refractivity contribution in [1.82, 2.24) is 24.8 Å². The number of aryl methyl sites for hydroxylation is 1. The summed E-state index contributed by atoms with van der Waals surface area (Å²) in [6, 6.07) is 1.06. The molecule has 3 N–H and O–H groups in total. The van der Waals surface area contributed by atoms with Crippen molar-refractivity contribution in [2.45, 2.75) is 39.2 Å². The molecule has 1 aliphatic rings. The molecule has 4 heterocycles. The number of nitrogens with one attached hydrogen (secondary N) is 1. The lowest BCUT2D eigenvalue weighted by Crippen LogP contribution is -2.30. The van der Waals surface area contributed by atoms with E-state index in [1.807, 2.05) is 13.8 Å². The SMILES string of the molecule is Cc1nc2nc(N[C@@H](C)c3cncc(F)c3)nc(C(=O)N3CC[C@@H](CCC(N)=O)C3)c2s1. The third kappa shape index (κ3) is 4.82. The highest BCUT2D eigenvalue weighted by Gasteiger charge is 2.30. The number of thiazole rings is 1. The van der Waals surface area contributed by atoms with Crippen molar-refractivity contribution >= 4 is 39.4 Å². The van der Waals surface area contributed by atoms with E-state index in [1.54, 1.807) is 11.1 Å². The zero-order valence-electron chi connectivity index (χ0n) is 17.8. The third-order valence-corrected chi connectivity index (χ3v) is 6.47. The summed E-state index contributed by atoms with van der Waals surface area (Å²) in [6.07, 6.45) is 4.52. The van der Waals surface area contributed by atoms with Crippen molar-refractivity contribution in [3.63, 3.8) is 0 Å². The highest BCUT2D eigenvalue weighted by atomic mass is 32.1. The number of aromatic nitrogens is 4. The lowest BCUT2D eigenvalue weighted by atomic mass is 10.0. The summed E-state index contributed by atoms with van der Waals surface area (Å²) < 4.78 is 14.2. The highest BCUT2D eigenvalue weighted by Crippen LogP contribution is 2.29. The molecule has 168 valence electrons. The fraction of sp³-hybridized carbons (Fsp3) is 0.429. The molecule has 1 saturated heterocycles. The van der Waals surface area contributed by atoms with E-state index in [4.69, 9.17) is 5.73 Å². The van der Waals surface area contributed by atoms with E-state index in [2.05, 4.69) is 25.3 Å². The average molecular weight is 458 g/mol. The van der Waals surface area contributed by atoms with Crippen molar-refractivity contribution in [2.75, 3.05) is 18.4 Å². The molecule has 1 aliphatic heterocycles. The molecule has 0 unspecified atom stereocenters. The van der Waals surface area contributed by atoms with Crippen molar-refractivity contribution < 1.29 is 14.0 Å². The number of likely N-dealkylation sites (tertiary alicyclic amines) is 1. The first-order valence-electron chi connectivity index (χ1n) is 10.4. The monoisotopic (exact) mass is 457 g/mol. The number of hydrogen-bond acceptors (Lipinski definition) is 8. The molecule has 0 radical (unpaired) electrons. The Morgan fingerprint density at radius 3 is 2.91 bits per heavy atom. The van der Waals surface area contributed by atoms with Gasteiger partial charge < -0.3 is 16.0 Å². The second-order valence-electron chi connectivity index (χ2n) is 7.99. The molecule has 11 heteroatoms. The second-order valence-corrected chi connectivity index (χ2v) is 9.20. The lowest BCUT2D eigenvalue weighted by molar-refractivity contribution is -0.118. The van der Waals surface area contributed by atoms with Crippen LogP contribution in [0.2, 0.25) is 0 Å². The quantitative estimate of drug-likeness (QED) is 0.558. The van der Waals surface area contributed by atoms with Crippen LogP contribution >= 0.6 is 11.3 Å². The van der Waals surface area contributed by atoms with Crippen LogP contribution in [0, 0.1) is 18.7 Å². The van der Waals surface area contributed by atoms with Crippen LogP contribution in [-0.4, -0.2) is 49.7 Å². The number of halogens is 1. The zero-order chi connectivity index (χ0) is 22.8. The molecule has 4 rings (SSSR count). The van der Waals surface area contributed by atoms with Gasteiger partial charge in [0.15, 0.2) is 11.3 Å². The zero-order valence-corrected chi connectivity index (χ0v) is 18.7. The molecule has 2 amide bonds. The smallest absolute Gasteiger partial charge is 0.274 e. The fourth-order valence-electron chi connectivity index (χ4n) is 3.83. The molecular weight excluding hydrogens is 433 g/mol. The molecule has 9 nitrogen and oxygen atoms in total. The lowest BCUT2D eigenvalue weighted by Gasteiger charge is -2.18. The van der Waals surface area contributed by atoms with Crippen LogP contribution in [0.15, 0.2) is 18.5 Å². The van der Waals surface area contributed by atoms with Gasteiger partial charge in [-0.25, -0.2) is 14.4 Å². The first kappa shape index (κ1) is 22.0. The van der Waals surface area contributed by atoms with Crippen LogP contribution in [0.3, 0.4) is 0 Å². The predicted octanol–water partition coefficient (Wildman–Crippen LogP) is 2.83. The number of nitrogens with zero attached hydrogens (tertiary/aromatic N) is 5. The van der Waals surface area contributed by atoms with E-state index in [1.165, 1.54) is 17.4 Å². The van der Waals surface area contributed by atoms with E-state index < -0.39 is 5.82 Å².